The molecule has 0 saturated carbocycles. The Morgan fingerprint density at radius 2 is 2.18 bits per heavy atom. The molecule has 3 aromatic rings. The van der Waals surface area contributed by atoms with Crippen LogP contribution in [0.1, 0.15) is 0 Å². The molecule has 17 heavy (non-hydrogen) atoms. The number of aromatic nitrogens is 5. The number of pyridine rings is 1. The van der Waals surface area contributed by atoms with E-state index in [-0.39, 0.29) is 0 Å². The van der Waals surface area contributed by atoms with Crippen molar-refractivity contribution in [3.63, 3.8) is 0 Å². The highest BCUT2D eigenvalue weighted by atomic mass is 15.2. The van der Waals surface area contributed by atoms with Gasteiger partial charge in [0, 0.05) is 13.2 Å². The van der Waals surface area contributed by atoms with Gasteiger partial charge < -0.3 is 5.32 Å². The second-order valence-corrected chi connectivity index (χ2v) is 3.49. The Balaban J connectivity index is 2.30. The lowest BCUT2D eigenvalue weighted by molar-refractivity contribution is 1.09. The fourth-order valence-corrected chi connectivity index (χ4v) is 1.64. The lowest BCUT2D eigenvalue weighted by atomic mass is 10.2. The molecule has 0 fully saturated rings. The van der Waals surface area contributed by atoms with Gasteiger partial charge >= 0.3 is 0 Å². The van der Waals surface area contributed by atoms with Crippen molar-refractivity contribution in [2.24, 2.45) is 0 Å². The van der Waals surface area contributed by atoms with Gasteiger partial charge in [0.15, 0.2) is 5.65 Å². The first-order valence-electron chi connectivity index (χ1n) is 5.19. The van der Waals surface area contributed by atoms with Crippen molar-refractivity contribution in [2.45, 2.75) is 0 Å². The Morgan fingerprint density at radius 3 is 2.94 bits per heavy atom. The van der Waals surface area contributed by atoms with E-state index in [0.29, 0.717) is 11.6 Å². The number of aromatic amines is 1. The van der Waals surface area contributed by atoms with Crippen molar-refractivity contribution in [2.75, 3.05) is 12.4 Å². The van der Waals surface area contributed by atoms with E-state index in [9.17, 15) is 0 Å². The van der Waals surface area contributed by atoms with Crippen LogP contribution in [-0.4, -0.2) is 32.2 Å². The molecule has 6 nitrogen and oxygen atoms in total. The molecule has 3 heterocycles. The number of hydrogen-bond acceptors (Lipinski definition) is 5. The van der Waals surface area contributed by atoms with E-state index in [0.717, 1.165) is 16.8 Å². The topological polar surface area (TPSA) is 79.4 Å². The third kappa shape index (κ3) is 1.59. The Bertz CT molecular complexity index is 645. The fraction of sp³-hybridized carbons (Fsp3) is 0.0909. The van der Waals surface area contributed by atoms with Crippen molar-refractivity contribution in [3.05, 3.63) is 30.6 Å². The summed E-state index contributed by atoms with van der Waals surface area (Å²) in [5.74, 6) is 0.544. The van der Waals surface area contributed by atoms with E-state index in [1.165, 1.54) is 0 Å². The highest BCUT2D eigenvalue weighted by Crippen LogP contribution is 2.23. The normalized spacial score (nSPS) is 10.6. The molecule has 3 rings (SSSR count). The predicted octanol–water partition coefficient (Wildman–Crippen LogP) is 1.46. The van der Waals surface area contributed by atoms with Gasteiger partial charge in [0.1, 0.15) is 5.69 Å². The molecule has 0 unspecified atom stereocenters. The first-order chi connectivity index (χ1) is 8.38. The molecule has 2 N–H and O–H groups in total. The van der Waals surface area contributed by atoms with Crippen LogP contribution in [0.2, 0.25) is 0 Å². The van der Waals surface area contributed by atoms with Crippen molar-refractivity contribution in [1.82, 2.24) is 25.1 Å². The fourth-order valence-electron chi connectivity index (χ4n) is 1.64. The number of rotatable bonds is 2. The van der Waals surface area contributed by atoms with Gasteiger partial charge in [0.25, 0.3) is 0 Å². The van der Waals surface area contributed by atoms with Crippen LogP contribution in [0, 0.1) is 0 Å². The molecule has 84 valence electrons. The van der Waals surface area contributed by atoms with E-state index in [4.69, 9.17) is 0 Å². The van der Waals surface area contributed by atoms with E-state index in [1.54, 1.807) is 19.4 Å². The van der Waals surface area contributed by atoms with Crippen LogP contribution in [0.15, 0.2) is 30.6 Å². The van der Waals surface area contributed by atoms with Crippen LogP contribution < -0.4 is 5.32 Å². The number of fused-ring (bicyclic) bond motifs is 1. The Hall–Kier alpha value is -2.50. The summed E-state index contributed by atoms with van der Waals surface area (Å²) in [6.45, 7) is 0. The zero-order chi connectivity index (χ0) is 11.7. The molecule has 0 saturated heterocycles. The molecule has 0 aromatic carbocycles. The summed E-state index contributed by atoms with van der Waals surface area (Å²) in [5, 5.41) is 10.6. The summed E-state index contributed by atoms with van der Waals surface area (Å²) >= 11 is 0. The highest BCUT2D eigenvalue weighted by Gasteiger charge is 2.11. The van der Waals surface area contributed by atoms with Gasteiger partial charge in [0.2, 0.25) is 5.95 Å². The van der Waals surface area contributed by atoms with Gasteiger partial charge in [-0.1, -0.05) is 6.07 Å². The molecule has 0 aliphatic carbocycles. The maximum absolute atomic E-state index is 4.42. The number of nitrogens with zero attached hydrogens (tertiary/aromatic N) is 4. The molecule has 0 aliphatic rings. The molecule has 0 bridgehead atoms. The van der Waals surface area contributed by atoms with E-state index < -0.39 is 0 Å². The van der Waals surface area contributed by atoms with Crippen LogP contribution in [0.25, 0.3) is 22.4 Å². The maximum atomic E-state index is 4.42. The van der Waals surface area contributed by atoms with Crippen molar-refractivity contribution in [3.8, 4) is 11.4 Å². The summed E-state index contributed by atoms with van der Waals surface area (Å²) in [7, 11) is 1.78. The minimum absolute atomic E-state index is 0.544. The van der Waals surface area contributed by atoms with E-state index in [1.807, 2.05) is 18.2 Å². The molecule has 6 heteroatoms. The lowest BCUT2D eigenvalue weighted by Gasteiger charge is -2.03. The Kier molecular flexibility index (Phi) is 2.18. The minimum atomic E-state index is 0.544. The Labute approximate surface area is 97.1 Å². The zero-order valence-corrected chi connectivity index (χ0v) is 9.18. The summed E-state index contributed by atoms with van der Waals surface area (Å²) < 4.78 is 0. The first-order valence-corrected chi connectivity index (χ1v) is 5.19. The van der Waals surface area contributed by atoms with Crippen molar-refractivity contribution >= 4 is 17.0 Å². The molecular weight excluding hydrogens is 216 g/mol. The van der Waals surface area contributed by atoms with Gasteiger partial charge in [-0.05, 0) is 12.1 Å². The Morgan fingerprint density at radius 1 is 1.24 bits per heavy atom. The molecule has 0 spiro atoms. The number of nitrogens with one attached hydrogen (secondary N) is 2. The average molecular weight is 226 g/mol. The lowest BCUT2D eigenvalue weighted by Crippen LogP contribution is -1.99. The summed E-state index contributed by atoms with van der Waals surface area (Å²) in [5.41, 5.74) is 2.27. The van der Waals surface area contributed by atoms with Crippen molar-refractivity contribution in [1.29, 1.82) is 0 Å². The largest absolute Gasteiger partial charge is 0.357 e. The van der Waals surface area contributed by atoms with Gasteiger partial charge in [-0.25, -0.2) is 4.98 Å². The third-order valence-corrected chi connectivity index (χ3v) is 2.44. The van der Waals surface area contributed by atoms with Gasteiger partial charge in [0.05, 0.1) is 17.3 Å². The number of hydrogen-bond donors (Lipinski definition) is 2. The molecule has 0 amide bonds. The molecular formula is C11H10N6. The van der Waals surface area contributed by atoms with Gasteiger partial charge in [-0.2, -0.15) is 10.1 Å². The summed E-state index contributed by atoms with van der Waals surface area (Å²) in [4.78, 5) is 13.0. The molecule has 3 aromatic heterocycles. The number of H-pyrrole nitrogens is 1. The van der Waals surface area contributed by atoms with Crippen LogP contribution in [0.3, 0.4) is 0 Å². The monoisotopic (exact) mass is 226 g/mol. The third-order valence-electron chi connectivity index (χ3n) is 2.44. The van der Waals surface area contributed by atoms with Gasteiger partial charge in [-0.15, -0.1) is 0 Å². The van der Waals surface area contributed by atoms with Crippen molar-refractivity contribution < 1.29 is 0 Å². The van der Waals surface area contributed by atoms with E-state index >= 15 is 0 Å². The highest BCUT2D eigenvalue weighted by molar-refractivity contribution is 5.89. The molecule has 0 aliphatic heterocycles. The van der Waals surface area contributed by atoms with Crippen LogP contribution in [-0.2, 0) is 0 Å². The standard InChI is InChI=1S/C11H10N6/c1-12-11-15-9(8-4-2-3-5-13-8)7-6-14-17-10(7)16-11/h2-6H,1H3,(H2,12,14,15,16,17). The quantitative estimate of drug-likeness (QED) is 0.691. The molecule has 0 radical (unpaired) electrons. The van der Waals surface area contributed by atoms with Crippen LogP contribution >= 0.6 is 0 Å². The van der Waals surface area contributed by atoms with Crippen LogP contribution in [0.4, 0.5) is 5.95 Å². The molecule has 0 atom stereocenters. The predicted molar refractivity (Wildman–Crippen MR) is 64.5 cm³/mol. The zero-order valence-electron chi connectivity index (χ0n) is 9.18. The van der Waals surface area contributed by atoms with Crippen LogP contribution in [0.5, 0.6) is 0 Å². The SMILES string of the molecule is CNc1nc(-c2ccccn2)c2cn[nH]c2n1. The number of anilines is 1. The second kappa shape index (κ2) is 3.82. The smallest absolute Gasteiger partial charge is 0.225 e. The summed E-state index contributed by atoms with van der Waals surface area (Å²) in [6.07, 6.45) is 3.45. The second-order valence-electron chi connectivity index (χ2n) is 3.49. The average Bonchev–Trinajstić information content (AvgIpc) is 2.86. The summed E-state index contributed by atoms with van der Waals surface area (Å²) in [6, 6.07) is 5.71. The van der Waals surface area contributed by atoms with Gasteiger partial charge in [-0.3, -0.25) is 10.1 Å². The maximum Gasteiger partial charge on any atom is 0.225 e. The first kappa shape index (κ1) is 9.71. The minimum Gasteiger partial charge on any atom is -0.357 e. The van der Waals surface area contributed by atoms with E-state index in [2.05, 4.69) is 30.5 Å².